The number of carbonyl (C=O) groups excluding carboxylic acids is 2. The van der Waals surface area contributed by atoms with Crippen molar-refractivity contribution in [2.24, 2.45) is 0 Å². The second-order valence-corrected chi connectivity index (χ2v) is 11.1. The highest BCUT2D eigenvalue weighted by molar-refractivity contribution is 7.17. The first kappa shape index (κ1) is 27.0. The first-order valence-corrected chi connectivity index (χ1v) is 14.5. The molecule has 3 aromatic rings. The third-order valence-corrected chi connectivity index (χ3v) is 8.36. The van der Waals surface area contributed by atoms with Crippen LogP contribution in [-0.2, 0) is 29.2 Å². The Morgan fingerprint density at radius 1 is 1.05 bits per heavy atom. The molecule has 1 fully saturated rings. The summed E-state index contributed by atoms with van der Waals surface area (Å²) in [6, 6.07) is 7.47. The summed E-state index contributed by atoms with van der Waals surface area (Å²) in [5, 5.41) is 4.69. The summed E-state index contributed by atoms with van der Waals surface area (Å²) in [7, 11) is 0. The highest BCUT2D eigenvalue weighted by Gasteiger charge is 2.25. The fourth-order valence-electron chi connectivity index (χ4n) is 5.25. The summed E-state index contributed by atoms with van der Waals surface area (Å²) in [6.07, 6.45) is 5.30. The number of hydrogen-bond donors (Lipinski definition) is 1. The fourth-order valence-corrected chi connectivity index (χ4v) is 6.09. The van der Waals surface area contributed by atoms with Crippen LogP contribution in [0.3, 0.4) is 0 Å². The van der Waals surface area contributed by atoms with Gasteiger partial charge >= 0.3 is 5.69 Å². The highest BCUT2D eigenvalue weighted by atomic mass is 32.1. The molecule has 2 aromatic heterocycles. The van der Waals surface area contributed by atoms with Crippen LogP contribution in [0.4, 0.5) is 0 Å². The number of carbonyl (C=O) groups is 2. The number of rotatable bonds is 10. The van der Waals surface area contributed by atoms with E-state index in [-0.39, 0.29) is 43.3 Å². The molecule has 0 saturated carbocycles. The summed E-state index contributed by atoms with van der Waals surface area (Å²) in [5.41, 5.74) is 0.677. The van der Waals surface area contributed by atoms with E-state index in [4.69, 9.17) is 9.47 Å². The van der Waals surface area contributed by atoms with E-state index in [0.717, 1.165) is 24.8 Å². The van der Waals surface area contributed by atoms with Crippen LogP contribution >= 0.6 is 11.3 Å². The van der Waals surface area contributed by atoms with Crippen molar-refractivity contribution in [3.05, 3.63) is 56.0 Å². The van der Waals surface area contributed by atoms with Crippen molar-refractivity contribution < 1.29 is 19.1 Å². The fraction of sp³-hybridized carbons (Fsp3) is 0.500. The van der Waals surface area contributed by atoms with Gasteiger partial charge in [-0.2, -0.15) is 0 Å². The normalized spacial score (nSPS) is 16.5. The Bertz CT molecular complexity index is 1470. The van der Waals surface area contributed by atoms with Crippen molar-refractivity contribution in [2.75, 3.05) is 13.3 Å². The van der Waals surface area contributed by atoms with Crippen molar-refractivity contribution in [1.82, 2.24) is 19.4 Å². The molecule has 0 spiro atoms. The summed E-state index contributed by atoms with van der Waals surface area (Å²) in [6.45, 7) is 3.53. The van der Waals surface area contributed by atoms with Gasteiger partial charge in [-0.05, 0) is 68.2 Å². The molecule has 1 atom stereocenters. The number of aromatic nitrogens is 2. The topological polar surface area (TPSA) is 112 Å². The zero-order valence-corrected chi connectivity index (χ0v) is 23.0. The molecule has 0 radical (unpaired) electrons. The van der Waals surface area contributed by atoms with Gasteiger partial charge in [-0.25, -0.2) is 4.79 Å². The van der Waals surface area contributed by atoms with Crippen LogP contribution in [0.25, 0.3) is 10.2 Å². The number of amides is 2. The standard InChI is InChI=1S/C28H34N4O6S/c1-19-7-4-6-12-30(19)25(34)17-32-21-11-14-39-26(21)27(35)31(28(32)36)13-5-2-3-8-24(33)29-16-20-9-10-22-23(15-20)38-18-37-22/h9-11,14-15,19H,2-8,12-13,16-18H2,1H3,(H,29,33)/t19-/m0/s1. The van der Waals surface area contributed by atoms with E-state index >= 15 is 0 Å². The quantitative estimate of drug-likeness (QED) is 0.385. The Morgan fingerprint density at radius 3 is 2.74 bits per heavy atom. The van der Waals surface area contributed by atoms with Gasteiger partial charge in [0.1, 0.15) is 11.2 Å². The SMILES string of the molecule is C[C@H]1CCCCN1C(=O)Cn1c(=O)n(CCCCCC(=O)NCc2ccc3c(c2)OCO3)c(=O)c2sccc21. The predicted molar refractivity (Wildman–Crippen MR) is 148 cm³/mol. The lowest BCUT2D eigenvalue weighted by Gasteiger charge is -2.33. The van der Waals surface area contributed by atoms with E-state index in [9.17, 15) is 19.2 Å². The number of unbranched alkanes of at least 4 members (excludes halogenated alkanes) is 2. The summed E-state index contributed by atoms with van der Waals surface area (Å²) < 4.78 is 13.8. The van der Waals surface area contributed by atoms with Crippen LogP contribution in [0.1, 0.15) is 57.4 Å². The van der Waals surface area contributed by atoms with Crippen LogP contribution in [-0.4, -0.2) is 45.2 Å². The van der Waals surface area contributed by atoms with Crippen molar-refractivity contribution in [1.29, 1.82) is 0 Å². The zero-order valence-electron chi connectivity index (χ0n) is 22.1. The summed E-state index contributed by atoms with van der Waals surface area (Å²) in [5.74, 6) is 1.24. The van der Waals surface area contributed by atoms with Crippen molar-refractivity contribution in [2.45, 2.75) is 77.5 Å². The van der Waals surface area contributed by atoms with Gasteiger partial charge in [0.05, 0.1) is 5.52 Å². The molecule has 0 unspecified atom stereocenters. The Morgan fingerprint density at radius 2 is 1.90 bits per heavy atom. The smallest absolute Gasteiger partial charge is 0.332 e. The Labute approximate surface area is 230 Å². The molecule has 2 aliphatic heterocycles. The molecule has 39 heavy (non-hydrogen) atoms. The lowest BCUT2D eigenvalue weighted by atomic mass is 10.0. The lowest BCUT2D eigenvalue weighted by Crippen LogP contribution is -2.46. The molecule has 1 aromatic carbocycles. The van der Waals surface area contributed by atoms with Crippen LogP contribution in [0.5, 0.6) is 11.5 Å². The molecule has 5 rings (SSSR count). The van der Waals surface area contributed by atoms with Gasteiger partial charge in [-0.15, -0.1) is 11.3 Å². The van der Waals surface area contributed by atoms with Crippen LogP contribution in [0.2, 0.25) is 0 Å². The highest BCUT2D eigenvalue weighted by Crippen LogP contribution is 2.32. The Balaban J connectivity index is 1.15. The molecule has 10 nitrogen and oxygen atoms in total. The molecule has 11 heteroatoms. The first-order valence-electron chi connectivity index (χ1n) is 13.6. The third kappa shape index (κ3) is 6.03. The van der Waals surface area contributed by atoms with E-state index in [1.54, 1.807) is 11.4 Å². The first-order chi connectivity index (χ1) is 18.9. The second-order valence-electron chi connectivity index (χ2n) is 10.2. The van der Waals surface area contributed by atoms with Gasteiger partial charge < -0.3 is 19.7 Å². The minimum atomic E-state index is -0.453. The molecule has 0 bridgehead atoms. The van der Waals surface area contributed by atoms with Gasteiger partial charge in [0, 0.05) is 32.1 Å². The second kappa shape index (κ2) is 12.1. The molecular weight excluding hydrogens is 520 g/mol. The lowest BCUT2D eigenvalue weighted by molar-refractivity contribution is -0.135. The van der Waals surface area contributed by atoms with E-state index < -0.39 is 5.69 Å². The Hall–Kier alpha value is -3.60. The molecule has 1 N–H and O–H groups in total. The van der Waals surface area contributed by atoms with E-state index in [1.807, 2.05) is 30.0 Å². The molecule has 1 saturated heterocycles. The maximum atomic E-state index is 13.3. The molecule has 0 aliphatic carbocycles. The summed E-state index contributed by atoms with van der Waals surface area (Å²) >= 11 is 1.29. The van der Waals surface area contributed by atoms with Crippen LogP contribution < -0.4 is 26.0 Å². The van der Waals surface area contributed by atoms with Gasteiger partial charge in [-0.3, -0.25) is 23.5 Å². The van der Waals surface area contributed by atoms with Crippen molar-refractivity contribution >= 4 is 33.4 Å². The number of piperidine rings is 1. The molecule has 2 aliphatic rings. The zero-order chi connectivity index (χ0) is 27.4. The summed E-state index contributed by atoms with van der Waals surface area (Å²) in [4.78, 5) is 53.6. The van der Waals surface area contributed by atoms with E-state index in [0.29, 0.717) is 60.5 Å². The minimum Gasteiger partial charge on any atom is -0.454 e. The number of nitrogens with one attached hydrogen (secondary N) is 1. The van der Waals surface area contributed by atoms with E-state index in [1.165, 1.54) is 20.5 Å². The number of nitrogens with zero attached hydrogens (tertiary/aromatic N) is 3. The minimum absolute atomic E-state index is 0.0577. The largest absolute Gasteiger partial charge is 0.454 e. The monoisotopic (exact) mass is 554 g/mol. The Kier molecular flexibility index (Phi) is 8.35. The number of hydrogen-bond acceptors (Lipinski definition) is 7. The average Bonchev–Trinajstić information content (AvgIpc) is 3.61. The maximum absolute atomic E-state index is 13.3. The molecule has 4 heterocycles. The van der Waals surface area contributed by atoms with Gasteiger partial charge in [0.25, 0.3) is 5.56 Å². The van der Waals surface area contributed by atoms with Gasteiger partial charge in [-0.1, -0.05) is 12.5 Å². The van der Waals surface area contributed by atoms with Gasteiger partial charge in [0.15, 0.2) is 11.5 Å². The maximum Gasteiger partial charge on any atom is 0.332 e. The third-order valence-electron chi connectivity index (χ3n) is 7.47. The van der Waals surface area contributed by atoms with Crippen molar-refractivity contribution in [3.8, 4) is 11.5 Å². The molecule has 208 valence electrons. The number of benzene rings is 1. The number of fused-ring (bicyclic) bond motifs is 2. The molecule has 2 amide bonds. The number of likely N-dealkylation sites (tertiary alicyclic amines) is 1. The molecular formula is C28H34N4O6S. The number of ether oxygens (including phenoxy) is 2. The average molecular weight is 555 g/mol. The van der Waals surface area contributed by atoms with Crippen LogP contribution in [0.15, 0.2) is 39.2 Å². The van der Waals surface area contributed by atoms with Crippen molar-refractivity contribution in [3.63, 3.8) is 0 Å². The van der Waals surface area contributed by atoms with E-state index in [2.05, 4.69) is 5.32 Å². The predicted octanol–water partition coefficient (Wildman–Crippen LogP) is 3.23. The van der Waals surface area contributed by atoms with Crippen LogP contribution in [0, 0.1) is 0 Å². The van der Waals surface area contributed by atoms with Gasteiger partial charge in [0.2, 0.25) is 18.6 Å². The number of thiophene rings is 1.